The Labute approximate surface area is 190 Å². The molecule has 3 rings (SSSR count). The van der Waals surface area contributed by atoms with Gasteiger partial charge in [-0.25, -0.2) is 8.42 Å². The molecule has 1 aliphatic heterocycles. The predicted octanol–water partition coefficient (Wildman–Crippen LogP) is 2.78. The van der Waals surface area contributed by atoms with Crippen molar-refractivity contribution in [3.63, 3.8) is 0 Å². The molecule has 0 saturated heterocycles. The van der Waals surface area contributed by atoms with Gasteiger partial charge >= 0.3 is 0 Å². The van der Waals surface area contributed by atoms with Crippen LogP contribution in [-0.4, -0.2) is 38.9 Å². The van der Waals surface area contributed by atoms with Crippen molar-refractivity contribution < 1.29 is 18.0 Å². The number of carbonyl (C=O) groups excluding carboxylic acids is 2. The molecular weight excluding hydrogens is 426 g/mol. The number of para-hydroxylation sites is 1. The highest BCUT2D eigenvalue weighted by atomic mass is 32.2. The molecule has 2 aromatic rings. The number of nitrogens with zero attached hydrogens (tertiary/aromatic N) is 1. The number of hydrogen-bond donors (Lipinski definition) is 2. The molecule has 0 bridgehead atoms. The van der Waals surface area contributed by atoms with Gasteiger partial charge in [-0.1, -0.05) is 49.7 Å². The number of fused-ring (bicyclic) bond motifs is 1. The quantitative estimate of drug-likeness (QED) is 0.668. The molecule has 0 radical (unpaired) electrons. The van der Waals surface area contributed by atoms with Crippen LogP contribution in [0.15, 0.2) is 53.4 Å². The Hall–Kier alpha value is -2.71. The molecule has 2 N–H and O–H groups in total. The number of sulfonamides is 1. The Morgan fingerprint density at radius 3 is 2.31 bits per heavy atom. The molecule has 0 aliphatic carbocycles. The summed E-state index contributed by atoms with van der Waals surface area (Å²) in [5, 5.41) is 2.72. The number of anilines is 1. The van der Waals surface area contributed by atoms with Crippen LogP contribution in [0.1, 0.15) is 38.3 Å². The van der Waals surface area contributed by atoms with E-state index in [9.17, 15) is 18.0 Å². The minimum atomic E-state index is -3.89. The smallest absolute Gasteiger partial charge is 0.249 e. The maximum Gasteiger partial charge on any atom is 0.249 e. The Morgan fingerprint density at radius 1 is 1.00 bits per heavy atom. The first-order valence-corrected chi connectivity index (χ1v) is 12.4. The van der Waals surface area contributed by atoms with E-state index in [4.69, 9.17) is 0 Å². The van der Waals surface area contributed by atoms with Gasteiger partial charge in [-0.3, -0.25) is 9.59 Å². The Bertz CT molecular complexity index is 1080. The molecule has 172 valence electrons. The summed E-state index contributed by atoms with van der Waals surface area (Å²) in [6, 6.07) is 12.4. The summed E-state index contributed by atoms with van der Waals surface area (Å²) in [5.74, 6) is -1.05. The van der Waals surface area contributed by atoms with Crippen LogP contribution in [0.4, 0.5) is 5.69 Å². The van der Waals surface area contributed by atoms with Gasteiger partial charge in [-0.15, -0.1) is 0 Å². The molecule has 8 heteroatoms. The number of carbonyl (C=O) groups is 2. The van der Waals surface area contributed by atoms with E-state index in [-0.39, 0.29) is 16.7 Å². The van der Waals surface area contributed by atoms with Gasteiger partial charge in [0.25, 0.3) is 0 Å². The summed E-state index contributed by atoms with van der Waals surface area (Å²) >= 11 is 0. The summed E-state index contributed by atoms with van der Waals surface area (Å²) in [6.07, 6.45) is 1.77. The van der Waals surface area contributed by atoms with Crippen molar-refractivity contribution in [2.75, 3.05) is 11.4 Å². The summed E-state index contributed by atoms with van der Waals surface area (Å²) in [6.45, 7) is 7.60. The van der Waals surface area contributed by atoms with E-state index in [1.807, 2.05) is 31.2 Å². The van der Waals surface area contributed by atoms with Crippen LogP contribution >= 0.6 is 0 Å². The van der Waals surface area contributed by atoms with E-state index in [2.05, 4.69) is 10.0 Å². The zero-order valence-electron chi connectivity index (χ0n) is 19.0. The lowest BCUT2D eigenvalue weighted by atomic mass is 10.0. The van der Waals surface area contributed by atoms with Gasteiger partial charge in [0.05, 0.1) is 4.90 Å². The topological polar surface area (TPSA) is 95.6 Å². The molecule has 0 aromatic heterocycles. The van der Waals surface area contributed by atoms with E-state index >= 15 is 0 Å². The average molecular weight is 458 g/mol. The number of amides is 2. The third-order valence-electron chi connectivity index (χ3n) is 5.67. The van der Waals surface area contributed by atoms with Crippen LogP contribution in [0.25, 0.3) is 0 Å². The van der Waals surface area contributed by atoms with E-state index < -0.39 is 28.0 Å². The Balaban J connectivity index is 1.72. The molecule has 0 saturated carbocycles. The summed E-state index contributed by atoms with van der Waals surface area (Å²) in [4.78, 5) is 27.9. The van der Waals surface area contributed by atoms with Crippen LogP contribution in [0.3, 0.4) is 0 Å². The highest BCUT2D eigenvalue weighted by Crippen LogP contribution is 2.27. The fourth-order valence-electron chi connectivity index (χ4n) is 3.81. The first-order valence-electron chi connectivity index (χ1n) is 10.9. The molecule has 0 fully saturated rings. The lowest BCUT2D eigenvalue weighted by molar-refractivity contribution is -0.128. The maximum absolute atomic E-state index is 13.1. The fourth-order valence-corrected chi connectivity index (χ4v) is 5.15. The highest BCUT2D eigenvalue weighted by molar-refractivity contribution is 7.89. The van der Waals surface area contributed by atoms with E-state index in [0.29, 0.717) is 6.54 Å². The molecule has 0 spiro atoms. The van der Waals surface area contributed by atoms with Crippen molar-refractivity contribution in [3.05, 3.63) is 59.7 Å². The second kappa shape index (κ2) is 9.83. The minimum absolute atomic E-state index is 0.0931. The molecular formula is C24H31N3O4S. The summed E-state index contributed by atoms with van der Waals surface area (Å²) in [5.41, 5.74) is 2.91. The largest absolute Gasteiger partial charge is 0.343 e. The van der Waals surface area contributed by atoms with Crippen LogP contribution in [-0.2, 0) is 26.0 Å². The maximum atomic E-state index is 13.1. The van der Waals surface area contributed by atoms with Crippen LogP contribution in [0.5, 0.6) is 0 Å². The van der Waals surface area contributed by atoms with Crippen molar-refractivity contribution in [1.82, 2.24) is 10.0 Å². The molecule has 1 heterocycles. The van der Waals surface area contributed by atoms with E-state index in [1.54, 1.807) is 37.8 Å². The molecule has 7 nitrogen and oxygen atoms in total. The van der Waals surface area contributed by atoms with Gasteiger partial charge in [-0.05, 0) is 56.4 Å². The first-order chi connectivity index (χ1) is 15.1. The Morgan fingerprint density at radius 2 is 1.66 bits per heavy atom. The third kappa shape index (κ3) is 5.37. The van der Waals surface area contributed by atoms with Crippen molar-refractivity contribution in [2.24, 2.45) is 5.92 Å². The van der Waals surface area contributed by atoms with Crippen molar-refractivity contribution in [3.8, 4) is 0 Å². The molecule has 0 unspecified atom stereocenters. The van der Waals surface area contributed by atoms with Crippen molar-refractivity contribution in [2.45, 2.75) is 57.5 Å². The number of nitrogens with one attached hydrogen (secondary N) is 2. The number of benzene rings is 2. The predicted molar refractivity (Wildman–Crippen MR) is 125 cm³/mol. The molecule has 2 amide bonds. The number of rotatable bonds is 7. The standard InChI is InChI=1S/C24H31N3O4S/c1-16(2)22(26-32(30,31)20-13-11-17(3)12-14-20)23(28)25-18(4)24(29)27-15-7-9-19-8-5-6-10-21(19)27/h5-6,8,10-14,16,18,22,26H,7,9,15H2,1-4H3,(H,25,28)/t18-,22-/m1/s1. The lowest BCUT2D eigenvalue weighted by Gasteiger charge is -2.32. The van der Waals surface area contributed by atoms with E-state index in [1.165, 1.54) is 12.1 Å². The summed E-state index contributed by atoms with van der Waals surface area (Å²) < 4.78 is 28.1. The van der Waals surface area contributed by atoms with Crippen LogP contribution < -0.4 is 14.9 Å². The van der Waals surface area contributed by atoms with Gasteiger partial charge in [0.15, 0.2) is 0 Å². The second-order valence-electron chi connectivity index (χ2n) is 8.61. The highest BCUT2D eigenvalue weighted by Gasteiger charge is 2.32. The van der Waals surface area contributed by atoms with Crippen molar-refractivity contribution in [1.29, 1.82) is 0 Å². The Kier molecular flexibility index (Phi) is 7.36. The van der Waals surface area contributed by atoms with Gasteiger partial charge in [0.2, 0.25) is 21.8 Å². The average Bonchev–Trinajstić information content (AvgIpc) is 2.76. The van der Waals surface area contributed by atoms with Crippen LogP contribution in [0, 0.1) is 12.8 Å². The second-order valence-corrected chi connectivity index (χ2v) is 10.3. The fraction of sp³-hybridized carbons (Fsp3) is 0.417. The molecule has 2 atom stereocenters. The molecule has 2 aromatic carbocycles. The van der Waals surface area contributed by atoms with E-state index in [0.717, 1.165) is 29.7 Å². The van der Waals surface area contributed by atoms with Gasteiger partial charge in [0.1, 0.15) is 12.1 Å². The minimum Gasteiger partial charge on any atom is -0.343 e. The van der Waals surface area contributed by atoms with Gasteiger partial charge < -0.3 is 10.2 Å². The molecule has 1 aliphatic rings. The lowest BCUT2D eigenvalue weighted by Crippen LogP contribution is -2.55. The third-order valence-corrected chi connectivity index (χ3v) is 7.13. The normalized spacial score (nSPS) is 15.7. The SMILES string of the molecule is Cc1ccc(S(=O)(=O)N[C@@H](C(=O)N[C@H](C)C(=O)N2CCCc3ccccc32)C(C)C)cc1. The number of hydrogen-bond acceptors (Lipinski definition) is 4. The zero-order chi connectivity index (χ0) is 23.5. The first kappa shape index (κ1) is 23.9. The van der Waals surface area contributed by atoms with Crippen LogP contribution in [0.2, 0.25) is 0 Å². The van der Waals surface area contributed by atoms with Gasteiger partial charge in [-0.2, -0.15) is 4.72 Å². The summed E-state index contributed by atoms with van der Waals surface area (Å²) in [7, 11) is -3.89. The number of aryl methyl sites for hydroxylation is 2. The monoisotopic (exact) mass is 457 g/mol. The molecule has 32 heavy (non-hydrogen) atoms. The van der Waals surface area contributed by atoms with Gasteiger partial charge in [0, 0.05) is 12.2 Å². The zero-order valence-corrected chi connectivity index (χ0v) is 19.8. The van der Waals surface area contributed by atoms with Crippen molar-refractivity contribution >= 4 is 27.5 Å².